The van der Waals surface area contributed by atoms with Crippen LogP contribution in [0, 0.1) is 7.14 Å². The summed E-state index contributed by atoms with van der Waals surface area (Å²) in [4.78, 5) is 11.1. The number of Topliss-reactive ketones (excluding diaryl/α,β-unsaturated/α-hetero) is 1. The van der Waals surface area contributed by atoms with Crippen molar-refractivity contribution in [1.82, 2.24) is 0 Å². The molecule has 0 aliphatic heterocycles. The van der Waals surface area contributed by atoms with Crippen LogP contribution in [0.2, 0.25) is 0 Å². The van der Waals surface area contributed by atoms with Gasteiger partial charge in [0.25, 0.3) is 0 Å². The first-order valence-electron chi connectivity index (χ1n) is 7.55. The fourth-order valence-electron chi connectivity index (χ4n) is 2.25. The summed E-state index contributed by atoms with van der Waals surface area (Å²) in [5.74, 6) is 1.85. The molecule has 0 fully saturated rings. The minimum Gasteiger partial charge on any atom is -0.508 e. The van der Waals surface area contributed by atoms with Gasteiger partial charge >= 0.3 is 0 Å². The molecule has 0 unspecified atom stereocenters. The molecule has 0 amide bonds. The first-order chi connectivity index (χ1) is 11.3. The lowest BCUT2D eigenvalue weighted by molar-refractivity contribution is -0.117. The smallest absolute Gasteiger partial charge is 0.154 e. The number of rotatable bonds is 7. The number of phenolic OH excluding ortho intramolecular Hbond substituents is 1. The van der Waals surface area contributed by atoms with Gasteiger partial charge in [0, 0.05) is 12.5 Å². The van der Waals surface area contributed by atoms with Gasteiger partial charge in [-0.3, -0.25) is 0 Å². The number of aromatic hydroxyl groups is 1. The highest BCUT2D eigenvalue weighted by Gasteiger charge is 2.13. The third-order valence-corrected chi connectivity index (χ3v) is 5.08. The van der Waals surface area contributed by atoms with E-state index in [4.69, 9.17) is 10.5 Å². The maximum absolute atomic E-state index is 11.1. The highest BCUT2D eigenvalue weighted by Crippen LogP contribution is 2.33. The van der Waals surface area contributed by atoms with Gasteiger partial charge in [0.1, 0.15) is 17.3 Å². The van der Waals surface area contributed by atoms with E-state index in [1.165, 1.54) is 0 Å². The van der Waals surface area contributed by atoms with Crippen molar-refractivity contribution in [3.8, 4) is 17.2 Å². The zero-order valence-corrected chi connectivity index (χ0v) is 17.6. The van der Waals surface area contributed by atoms with Crippen LogP contribution in [0.1, 0.15) is 25.3 Å². The van der Waals surface area contributed by atoms with Gasteiger partial charge in [-0.15, -0.1) is 0 Å². The molecular weight excluding hydrogens is 532 g/mol. The standard InChI is InChI=1S/C18H19I2NO3/c1-11(22)2-3-13(21)8-12-9-16(19)18(17(20)10-12)24-15-6-4-14(23)5-7-15/h4-7,9-10,13,23H,2-3,8,21H2,1H3/t13-/m1/s1. The summed E-state index contributed by atoms with van der Waals surface area (Å²) in [6.07, 6.45) is 1.96. The van der Waals surface area contributed by atoms with Crippen molar-refractivity contribution in [2.45, 2.75) is 32.2 Å². The third kappa shape index (κ3) is 5.89. The van der Waals surface area contributed by atoms with E-state index >= 15 is 0 Å². The molecule has 0 bridgehead atoms. The van der Waals surface area contributed by atoms with Crippen molar-refractivity contribution in [2.24, 2.45) is 5.73 Å². The maximum atomic E-state index is 11.1. The molecule has 0 spiro atoms. The summed E-state index contributed by atoms with van der Waals surface area (Å²) in [7, 11) is 0. The second kappa shape index (κ2) is 9.00. The number of halogens is 2. The van der Waals surface area contributed by atoms with Crippen LogP contribution >= 0.6 is 45.2 Å². The molecule has 2 aromatic carbocycles. The number of hydrogen-bond donors (Lipinski definition) is 2. The molecule has 0 aliphatic rings. The summed E-state index contributed by atoms with van der Waals surface area (Å²) < 4.78 is 7.93. The second-order valence-corrected chi connectivity index (χ2v) is 8.01. The van der Waals surface area contributed by atoms with Crippen LogP contribution in [-0.4, -0.2) is 16.9 Å². The van der Waals surface area contributed by atoms with Gasteiger partial charge in [0.05, 0.1) is 7.14 Å². The van der Waals surface area contributed by atoms with Crippen molar-refractivity contribution in [1.29, 1.82) is 0 Å². The van der Waals surface area contributed by atoms with E-state index in [0.29, 0.717) is 18.6 Å². The average molecular weight is 551 g/mol. The zero-order valence-electron chi connectivity index (χ0n) is 13.3. The number of nitrogens with two attached hydrogens (primary N) is 1. The second-order valence-electron chi connectivity index (χ2n) is 5.69. The van der Waals surface area contributed by atoms with E-state index < -0.39 is 0 Å². The first kappa shape index (κ1) is 19.5. The number of carbonyl (C=O) groups excluding carboxylic acids is 1. The Labute approximate surface area is 169 Å². The molecule has 0 saturated heterocycles. The van der Waals surface area contributed by atoms with Crippen molar-refractivity contribution >= 4 is 51.0 Å². The van der Waals surface area contributed by atoms with Crippen LogP contribution in [-0.2, 0) is 11.2 Å². The maximum Gasteiger partial charge on any atom is 0.154 e. The Balaban J connectivity index is 2.10. The van der Waals surface area contributed by atoms with Gasteiger partial charge in [-0.2, -0.15) is 0 Å². The largest absolute Gasteiger partial charge is 0.508 e. The molecule has 2 rings (SSSR count). The lowest BCUT2D eigenvalue weighted by Gasteiger charge is -2.15. The fourth-order valence-corrected chi connectivity index (χ4v) is 4.37. The van der Waals surface area contributed by atoms with Crippen molar-refractivity contribution in [3.63, 3.8) is 0 Å². The van der Waals surface area contributed by atoms with Crippen molar-refractivity contribution in [2.75, 3.05) is 0 Å². The summed E-state index contributed by atoms with van der Waals surface area (Å²) in [5.41, 5.74) is 7.25. The predicted octanol–water partition coefficient (Wildman–Crippen LogP) is 4.63. The Morgan fingerprint density at radius 1 is 1.21 bits per heavy atom. The molecule has 0 heterocycles. The summed E-state index contributed by atoms with van der Waals surface area (Å²) in [5, 5.41) is 9.34. The van der Waals surface area contributed by atoms with Gasteiger partial charge in [-0.1, -0.05) is 0 Å². The third-order valence-electron chi connectivity index (χ3n) is 3.48. The highest BCUT2D eigenvalue weighted by atomic mass is 127. The van der Waals surface area contributed by atoms with Crippen LogP contribution < -0.4 is 10.5 Å². The Morgan fingerprint density at radius 2 is 1.79 bits per heavy atom. The van der Waals surface area contributed by atoms with E-state index in [9.17, 15) is 9.90 Å². The minimum absolute atomic E-state index is 0.0237. The van der Waals surface area contributed by atoms with Crippen LogP contribution in [0.5, 0.6) is 17.2 Å². The molecule has 3 N–H and O–H groups in total. The van der Waals surface area contributed by atoms with Gasteiger partial charge < -0.3 is 20.4 Å². The van der Waals surface area contributed by atoms with Gasteiger partial charge in [-0.05, 0) is 107 Å². The Kier molecular flexibility index (Phi) is 7.30. The van der Waals surface area contributed by atoms with Gasteiger partial charge in [-0.25, -0.2) is 0 Å². The molecular formula is C18H19I2NO3. The van der Waals surface area contributed by atoms with Crippen LogP contribution in [0.25, 0.3) is 0 Å². The normalized spacial score (nSPS) is 12.0. The highest BCUT2D eigenvalue weighted by molar-refractivity contribution is 14.1. The molecule has 2 aromatic rings. The van der Waals surface area contributed by atoms with E-state index in [1.807, 2.05) is 0 Å². The SMILES string of the molecule is CC(=O)CC[C@@H](N)Cc1cc(I)c(Oc2ccc(O)cc2)c(I)c1. The Bertz CT molecular complexity index is 694. The van der Waals surface area contributed by atoms with E-state index in [1.54, 1.807) is 31.2 Å². The number of phenols is 1. The topological polar surface area (TPSA) is 72.6 Å². The van der Waals surface area contributed by atoms with E-state index in [-0.39, 0.29) is 17.6 Å². The predicted molar refractivity (Wildman–Crippen MR) is 112 cm³/mol. The van der Waals surface area contributed by atoms with Crippen LogP contribution in [0.15, 0.2) is 36.4 Å². The first-order valence-corrected chi connectivity index (χ1v) is 9.70. The number of ether oxygens (including phenoxy) is 1. The average Bonchev–Trinajstić information content (AvgIpc) is 2.51. The van der Waals surface area contributed by atoms with E-state index in [0.717, 1.165) is 24.9 Å². The molecule has 0 saturated carbocycles. The molecule has 6 heteroatoms. The molecule has 1 atom stereocenters. The molecule has 0 aliphatic carbocycles. The quantitative estimate of drug-likeness (QED) is 0.493. The molecule has 24 heavy (non-hydrogen) atoms. The van der Waals surface area contributed by atoms with E-state index in [2.05, 4.69) is 57.3 Å². The lowest BCUT2D eigenvalue weighted by atomic mass is 10.0. The van der Waals surface area contributed by atoms with Crippen LogP contribution in [0.4, 0.5) is 0 Å². The summed E-state index contributed by atoms with van der Waals surface area (Å²) in [6.45, 7) is 1.59. The number of hydrogen-bond acceptors (Lipinski definition) is 4. The minimum atomic E-state index is -0.0237. The molecule has 4 nitrogen and oxygen atoms in total. The zero-order chi connectivity index (χ0) is 17.7. The fraction of sp³-hybridized carbons (Fsp3) is 0.278. The molecule has 128 valence electrons. The molecule has 0 aromatic heterocycles. The summed E-state index contributed by atoms with van der Waals surface area (Å²) >= 11 is 4.50. The lowest BCUT2D eigenvalue weighted by Crippen LogP contribution is -2.23. The Hall–Kier alpha value is -0.870. The van der Waals surface area contributed by atoms with Gasteiger partial charge in [0.2, 0.25) is 0 Å². The Morgan fingerprint density at radius 3 is 2.33 bits per heavy atom. The van der Waals surface area contributed by atoms with Crippen LogP contribution in [0.3, 0.4) is 0 Å². The summed E-state index contributed by atoms with van der Waals surface area (Å²) in [6, 6.07) is 10.7. The monoisotopic (exact) mass is 551 g/mol. The molecule has 0 radical (unpaired) electrons. The number of ketones is 1. The van der Waals surface area contributed by atoms with Crippen molar-refractivity contribution < 1.29 is 14.6 Å². The number of carbonyl (C=O) groups is 1. The number of benzene rings is 2. The van der Waals surface area contributed by atoms with Gasteiger partial charge in [0.15, 0.2) is 5.75 Å². The van der Waals surface area contributed by atoms with Crippen molar-refractivity contribution in [3.05, 3.63) is 49.1 Å².